The van der Waals surface area contributed by atoms with Crippen LogP contribution < -0.4 is 15.4 Å². The number of amides is 1. The zero-order chi connectivity index (χ0) is 17.6. The Morgan fingerprint density at radius 1 is 1.32 bits per heavy atom. The molecule has 3 rings (SSSR count). The number of carbonyl (C=O) groups excluding carboxylic acids is 1. The first-order valence-corrected chi connectivity index (χ1v) is 10.1. The molecule has 134 valence electrons. The van der Waals surface area contributed by atoms with Crippen LogP contribution >= 0.6 is 23.1 Å². The summed E-state index contributed by atoms with van der Waals surface area (Å²) in [5.74, 6) is 0.822. The highest BCUT2D eigenvalue weighted by Gasteiger charge is 2.22. The second-order valence-corrected chi connectivity index (χ2v) is 8.51. The average Bonchev–Trinajstić information content (AvgIpc) is 3.27. The van der Waals surface area contributed by atoms with Crippen LogP contribution in [0.4, 0.5) is 10.8 Å². The van der Waals surface area contributed by atoms with Crippen molar-refractivity contribution in [1.82, 2.24) is 15.5 Å². The van der Waals surface area contributed by atoms with E-state index in [1.54, 1.807) is 7.11 Å². The van der Waals surface area contributed by atoms with Crippen LogP contribution in [-0.2, 0) is 4.79 Å². The predicted molar refractivity (Wildman–Crippen MR) is 102 cm³/mol. The summed E-state index contributed by atoms with van der Waals surface area (Å²) in [5.41, 5.74) is 0.838. The zero-order valence-corrected chi connectivity index (χ0v) is 16.0. The van der Waals surface area contributed by atoms with Gasteiger partial charge in [-0.25, -0.2) is 0 Å². The first kappa shape index (κ1) is 18.0. The number of thioether (sulfide) groups is 1. The third-order valence-corrected chi connectivity index (χ3v) is 6.13. The summed E-state index contributed by atoms with van der Waals surface area (Å²) in [5, 5.41) is 15.1. The van der Waals surface area contributed by atoms with Gasteiger partial charge in [0.15, 0.2) is 4.34 Å². The lowest BCUT2D eigenvalue weighted by atomic mass is 10.2. The van der Waals surface area contributed by atoms with Gasteiger partial charge in [-0.05, 0) is 31.9 Å². The van der Waals surface area contributed by atoms with E-state index in [4.69, 9.17) is 4.74 Å². The maximum Gasteiger partial charge on any atom is 0.233 e. The molecule has 1 aromatic heterocycles. The molecule has 1 aliphatic rings. The van der Waals surface area contributed by atoms with E-state index in [0.717, 1.165) is 28.6 Å². The second-order valence-electron chi connectivity index (χ2n) is 5.95. The van der Waals surface area contributed by atoms with Crippen LogP contribution in [0.1, 0.15) is 32.6 Å². The maximum atomic E-state index is 12.3. The molecule has 1 heterocycles. The number of rotatable bonds is 7. The lowest BCUT2D eigenvalue weighted by molar-refractivity contribution is -0.120. The SMILES string of the molecule is COc1ccccc1Nc1nnc(S[C@@H](C)C(=O)NC2CCCC2)s1. The number of ether oxygens (including phenoxy) is 1. The molecule has 0 radical (unpaired) electrons. The van der Waals surface area contributed by atoms with Crippen molar-refractivity contribution in [2.75, 3.05) is 12.4 Å². The van der Waals surface area contributed by atoms with E-state index < -0.39 is 0 Å². The summed E-state index contributed by atoms with van der Waals surface area (Å²) in [7, 11) is 1.63. The third-order valence-electron chi connectivity index (χ3n) is 4.10. The molecule has 1 atom stereocenters. The van der Waals surface area contributed by atoms with Crippen molar-refractivity contribution in [3.8, 4) is 5.75 Å². The van der Waals surface area contributed by atoms with E-state index in [1.807, 2.05) is 31.2 Å². The zero-order valence-electron chi connectivity index (χ0n) is 14.3. The molecule has 2 N–H and O–H groups in total. The Morgan fingerprint density at radius 3 is 2.84 bits per heavy atom. The van der Waals surface area contributed by atoms with Gasteiger partial charge >= 0.3 is 0 Å². The number of nitrogens with zero attached hydrogens (tertiary/aromatic N) is 2. The first-order valence-electron chi connectivity index (χ1n) is 8.36. The van der Waals surface area contributed by atoms with Gasteiger partial charge in [0, 0.05) is 6.04 Å². The van der Waals surface area contributed by atoms with Crippen molar-refractivity contribution in [3.05, 3.63) is 24.3 Å². The monoisotopic (exact) mass is 378 g/mol. The highest BCUT2D eigenvalue weighted by molar-refractivity contribution is 8.02. The quantitative estimate of drug-likeness (QED) is 0.713. The van der Waals surface area contributed by atoms with Gasteiger partial charge in [-0.1, -0.05) is 48.1 Å². The van der Waals surface area contributed by atoms with Gasteiger partial charge in [0.1, 0.15) is 5.75 Å². The van der Waals surface area contributed by atoms with E-state index in [2.05, 4.69) is 20.8 Å². The van der Waals surface area contributed by atoms with Crippen LogP contribution in [0.5, 0.6) is 5.75 Å². The molecule has 0 saturated heterocycles. The van der Waals surface area contributed by atoms with Gasteiger partial charge in [0.2, 0.25) is 11.0 Å². The molecule has 1 aliphatic carbocycles. The molecule has 1 saturated carbocycles. The Hall–Kier alpha value is -1.80. The molecule has 1 amide bonds. The fourth-order valence-electron chi connectivity index (χ4n) is 2.76. The fraction of sp³-hybridized carbons (Fsp3) is 0.471. The number of para-hydroxylation sites is 2. The first-order chi connectivity index (χ1) is 12.2. The Morgan fingerprint density at radius 2 is 2.08 bits per heavy atom. The minimum absolute atomic E-state index is 0.0753. The molecule has 6 nitrogen and oxygen atoms in total. The standard InChI is InChI=1S/C17H22N4O2S2/c1-11(15(22)18-12-7-3-4-8-12)24-17-21-20-16(25-17)19-13-9-5-6-10-14(13)23-2/h5-6,9-12H,3-4,7-8H2,1-2H3,(H,18,22)(H,19,20)/t11-/m0/s1. The molecular weight excluding hydrogens is 356 g/mol. The van der Waals surface area contributed by atoms with Gasteiger partial charge in [-0.15, -0.1) is 10.2 Å². The minimum Gasteiger partial charge on any atom is -0.495 e. The molecule has 2 aromatic rings. The molecular formula is C17H22N4O2S2. The van der Waals surface area contributed by atoms with Crippen molar-refractivity contribution >= 4 is 39.8 Å². The van der Waals surface area contributed by atoms with Gasteiger partial charge in [-0.2, -0.15) is 0 Å². The number of carbonyl (C=O) groups is 1. The molecule has 0 unspecified atom stereocenters. The molecule has 1 fully saturated rings. The third kappa shape index (κ3) is 4.85. The summed E-state index contributed by atoms with van der Waals surface area (Å²) in [4.78, 5) is 12.3. The number of nitrogens with one attached hydrogen (secondary N) is 2. The maximum absolute atomic E-state index is 12.3. The summed E-state index contributed by atoms with van der Waals surface area (Å²) in [6, 6.07) is 7.99. The van der Waals surface area contributed by atoms with Gasteiger partial charge < -0.3 is 15.4 Å². The number of methoxy groups -OCH3 is 1. The van der Waals surface area contributed by atoms with E-state index in [-0.39, 0.29) is 11.2 Å². The molecule has 25 heavy (non-hydrogen) atoms. The molecule has 0 spiro atoms. The summed E-state index contributed by atoms with van der Waals surface area (Å²) < 4.78 is 6.09. The van der Waals surface area contributed by atoms with Gasteiger partial charge in [-0.3, -0.25) is 4.79 Å². The van der Waals surface area contributed by atoms with Crippen molar-refractivity contribution < 1.29 is 9.53 Å². The van der Waals surface area contributed by atoms with Crippen LogP contribution in [0.25, 0.3) is 0 Å². The molecule has 0 aliphatic heterocycles. The lowest BCUT2D eigenvalue weighted by Gasteiger charge is -2.15. The average molecular weight is 379 g/mol. The highest BCUT2D eigenvalue weighted by atomic mass is 32.2. The van der Waals surface area contributed by atoms with Crippen molar-refractivity contribution in [2.24, 2.45) is 0 Å². The van der Waals surface area contributed by atoms with E-state index >= 15 is 0 Å². The number of hydrogen-bond acceptors (Lipinski definition) is 7. The van der Waals surface area contributed by atoms with Crippen LogP contribution in [0.2, 0.25) is 0 Å². The largest absolute Gasteiger partial charge is 0.495 e. The number of aromatic nitrogens is 2. The molecule has 1 aromatic carbocycles. The van der Waals surface area contributed by atoms with Crippen molar-refractivity contribution in [3.63, 3.8) is 0 Å². The predicted octanol–water partition coefficient (Wildman–Crippen LogP) is 3.83. The normalized spacial score (nSPS) is 15.8. The number of hydrogen-bond donors (Lipinski definition) is 2. The van der Waals surface area contributed by atoms with E-state index in [1.165, 1.54) is 35.9 Å². The van der Waals surface area contributed by atoms with Crippen LogP contribution in [0.15, 0.2) is 28.6 Å². The van der Waals surface area contributed by atoms with E-state index in [0.29, 0.717) is 11.2 Å². The Kier molecular flexibility index (Phi) is 6.14. The number of anilines is 2. The van der Waals surface area contributed by atoms with Gasteiger partial charge in [0.05, 0.1) is 18.0 Å². The Bertz CT molecular complexity index is 716. The van der Waals surface area contributed by atoms with Crippen molar-refractivity contribution in [2.45, 2.75) is 48.2 Å². The fourth-order valence-corrected chi connectivity index (χ4v) is 4.68. The van der Waals surface area contributed by atoms with Crippen molar-refractivity contribution in [1.29, 1.82) is 0 Å². The summed E-state index contributed by atoms with van der Waals surface area (Å²) in [6.45, 7) is 1.91. The topological polar surface area (TPSA) is 76.1 Å². The highest BCUT2D eigenvalue weighted by Crippen LogP contribution is 2.33. The smallest absolute Gasteiger partial charge is 0.233 e. The minimum atomic E-state index is -0.187. The number of benzene rings is 1. The van der Waals surface area contributed by atoms with Gasteiger partial charge in [0.25, 0.3) is 0 Å². The Balaban J connectivity index is 1.56. The Labute approximate surface area is 155 Å². The van der Waals surface area contributed by atoms with Crippen LogP contribution in [-0.4, -0.2) is 34.5 Å². The summed E-state index contributed by atoms with van der Waals surface area (Å²) in [6.07, 6.45) is 4.60. The molecule has 0 bridgehead atoms. The van der Waals surface area contributed by atoms with Crippen LogP contribution in [0, 0.1) is 0 Å². The lowest BCUT2D eigenvalue weighted by Crippen LogP contribution is -2.37. The molecule has 8 heteroatoms. The van der Waals surface area contributed by atoms with E-state index in [9.17, 15) is 4.79 Å². The summed E-state index contributed by atoms with van der Waals surface area (Å²) >= 11 is 2.87. The second kappa shape index (κ2) is 8.53. The van der Waals surface area contributed by atoms with Crippen LogP contribution in [0.3, 0.4) is 0 Å².